The van der Waals surface area contributed by atoms with E-state index in [1.54, 1.807) is 12.1 Å². The van der Waals surface area contributed by atoms with E-state index >= 15 is 0 Å². The van der Waals surface area contributed by atoms with Crippen molar-refractivity contribution in [3.8, 4) is 0 Å². The molecule has 5 heteroatoms. The molecule has 0 bridgehead atoms. The largest absolute Gasteiger partial charge is 0.467 e. The van der Waals surface area contributed by atoms with Crippen molar-refractivity contribution in [1.29, 1.82) is 0 Å². The second-order valence-electron chi connectivity index (χ2n) is 4.24. The lowest BCUT2D eigenvalue weighted by atomic mass is 10.2. The van der Waals surface area contributed by atoms with E-state index in [1.807, 2.05) is 0 Å². The summed E-state index contributed by atoms with van der Waals surface area (Å²) in [4.78, 5) is 4.07. The fourth-order valence-corrected chi connectivity index (χ4v) is 1.58. The van der Waals surface area contributed by atoms with Gasteiger partial charge in [-0.1, -0.05) is 26.2 Å². The number of nitrogens with two attached hydrogens (primary N) is 1. The molecule has 0 spiro atoms. The minimum absolute atomic E-state index is 0.210. The zero-order chi connectivity index (χ0) is 13.2. The van der Waals surface area contributed by atoms with Crippen molar-refractivity contribution in [1.82, 2.24) is 5.32 Å². The number of nitrogens with zero attached hydrogens (tertiary/aromatic N) is 1. The Labute approximate surface area is 108 Å². The van der Waals surface area contributed by atoms with E-state index in [0.717, 1.165) is 13.0 Å². The van der Waals surface area contributed by atoms with Crippen molar-refractivity contribution in [3.05, 3.63) is 24.2 Å². The number of rotatable bonds is 8. The van der Waals surface area contributed by atoms with Crippen molar-refractivity contribution in [2.75, 3.05) is 13.1 Å². The van der Waals surface area contributed by atoms with E-state index in [4.69, 9.17) is 10.2 Å². The van der Waals surface area contributed by atoms with Crippen LogP contribution in [-0.4, -0.2) is 24.2 Å². The van der Waals surface area contributed by atoms with Crippen LogP contribution in [0.5, 0.6) is 0 Å². The lowest BCUT2D eigenvalue weighted by Gasteiger charge is -2.07. The number of nitrogens with one attached hydrogen (secondary N) is 1. The van der Waals surface area contributed by atoms with Crippen LogP contribution < -0.4 is 11.1 Å². The Morgan fingerprint density at radius 2 is 2.33 bits per heavy atom. The van der Waals surface area contributed by atoms with Crippen LogP contribution in [0.25, 0.3) is 0 Å². The number of guanidine groups is 1. The van der Waals surface area contributed by atoms with E-state index in [2.05, 4.69) is 17.2 Å². The van der Waals surface area contributed by atoms with Gasteiger partial charge in [-0.2, -0.15) is 0 Å². The van der Waals surface area contributed by atoms with Crippen LogP contribution in [0.1, 0.15) is 44.5 Å². The summed E-state index contributed by atoms with van der Waals surface area (Å²) in [5.74, 6) is 0.881. The third-order valence-corrected chi connectivity index (χ3v) is 2.64. The average Bonchev–Trinajstić information content (AvgIpc) is 2.89. The molecule has 5 nitrogen and oxygen atoms in total. The van der Waals surface area contributed by atoms with Crippen LogP contribution in [0.4, 0.5) is 0 Å². The van der Waals surface area contributed by atoms with E-state index in [1.165, 1.54) is 25.5 Å². The normalized spacial score (nSPS) is 13.6. The van der Waals surface area contributed by atoms with Crippen molar-refractivity contribution < 1.29 is 9.52 Å². The molecule has 0 fully saturated rings. The number of unbranched alkanes of at least 4 members (excludes halogenated alkanes) is 3. The first-order valence-electron chi connectivity index (χ1n) is 6.49. The SMILES string of the molecule is CCCCCCNC(N)=NCC(O)c1ccco1. The summed E-state index contributed by atoms with van der Waals surface area (Å²) in [6, 6.07) is 3.45. The molecule has 102 valence electrons. The second kappa shape index (κ2) is 8.58. The summed E-state index contributed by atoms with van der Waals surface area (Å²) >= 11 is 0. The maximum Gasteiger partial charge on any atom is 0.188 e. The highest BCUT2D eigenvalue weighted by Crippen LogP contribution is 2.12. The molecule has 0 radical (unpaired) electrons. The van der Waals surface area contributed by atoms with Gasteiger partial charge in [0.15, 0.2) is 5.96 Å². The van der Waals surface area contributed by atoms with Gasteiger partial charge in [0.1, 0.15) is 11.9 Å². The first kappa shape index (κ1) is 14.6. The Morgan fingerprint density at radius 3 is 3.00 bits per heavy atom. The molecule has 0 aromatic carbocycles. The Balaban J connectivity index is 2.17. The summed E-state index contributed by atoms with van der Waals surface area (Å²) < 4.78 is 5.07. The van der Waals surface area contributed by atoms with Gasteiger partial charge in [-0.3, -0.25) is 4.99 Å². The van der Waals surface area contributed by atoms with E-state index in [9.17, 15) is 5.11 Å². The molecule has 0 saturated carbocycles. The standard InChI is InChI=1S/C13H23N3O2/c1-2-3-4-5-8-15-13(14)16-10-11(17)12-7-6-9-18-12/h6-7,9,11,17H,2-5,8,10H2,1H3,(H3,14,15,16). The van der Waals surface area contributed by atoms with Crippen molar-refractivity contribution >= 4 is 5.96 Å². The van der Waals surface area contributed by atoms with Gasteiger partial charge in [-0.25, -0.2) is 0 Å². The Morgan fingerprint density at radius 1 is 1.50 bits per heavy atom. The van der Waals surface area contributed by atoms with Gasteiger partial charge in [-0.15, -0.1) is 0 Å². The molecule has 1 aromatic heterocycles. The third kappa shape index (κ3) is 5.72. The van der Waals surface area contributed by atoms with Crippen LogP contribution in [0.15, 0.2) is 27.8 Å². The Bertz CT molecular complexity index is 336. The molecule has 0 aliphatic rings. The van der Waals surface area contributed by atoms with Gasteiger partial charge in [-0.05, 0) is 18.6 Å². The molecule has 1 rings (SSSR count). The summed E-state index contributed by atoms with van der Waals surface area (Å²) in [7, 11) is 0. The molecule has 0 saturated heterocycles. The lowest BCUT2D eigenvalue weighted by Crippen LogP contribution is -2.32. The molecule has 4 N–H and O–H groups in total. The van der Waals surface area contributed by atoms with Crippen molar-refractivity contribution in [2.45, 2.75) is 38.7 Å². The molecule has 1 heterocycles. The quantitative estimate of drug-likeness (QED) is 0.375. The van der Waals surface area contributed by atoms with Crippen LogP contribution in [0, 0.1) is 0 Å². The maximum atomic E-state index is 9.72. The Kier molecular flexibility index (Phi) is 6.94. The third-order valence-electron chi connectivity index (χ3n) is 2.64. The fourth-order valence-electron chi connectivity index (χ4n) is 1.58. The second-order valence-corrected chi connectivity index (χ2v) is 4.24. The van der Waals surface area contributed by atoms with Gasteiger partial charge in [0, 0.05) is 6.54 Å². The van der Waals surface area contributed by atoms with Crippen molar-refractivity contribution in [2.24, 2.45) is 10.7 Å². The van der Waals surface area contributed by atoms with Gasteiger partial charge in [0.2, 0.25) is 0 Å². The monoisotopic (exact) mass is 253 g/mol. The first-order chi connectivity index (χ1) is 8.74. The lowest BCUT2D eigenvalue weighted by molar-refractivity contribution is 0.158. The number of hydrogen-bond acceptors (Lipinski definition) is 3. The predicted molar refractivity (Wildman–Crippen MR) is 72.3 cm³/mol. The van der Waals surface area contributed by atoms with Gasteiger partial charge in [0.05, 0.1) is 12.8 Å². The van der Waals surface area contributed by atoms with Gasteiger partial charge >= 0.3 is 0 Å². The van der Waals surface area contributed by atoms with E-state index in [0.29, 0.717) is 11.7 Å². The van der Waals surface area contributed by atoms with Crippen LogP contribution in [0.3, 0.4) is 0 Å². The topological polar surface area (TPSA) is 83.8 Å². The first-order valence-corrected chi connectivity index (χ1v) is 6.49. The summed E-state index contributed by atoms with van der Waals surface area (Å²) in [6.07, 6.45) is 5.55. The summed E-state index contributed by atoms with van der Waals surface area (Å²) in [5.41, 5.74) is 5.69. The van der Waals surface area contributed by atoms with Crippen LogP contribution >= 0.6 is 0 Å². The van der Waals surface area contributed by atoms with Crippen molar-refractivity contribution in [3.63, 3.8) is 0 Å². The number of aliphatic hydroxyl groups excluding tert-OH is 1. The number of furan rings is 1. The van der Waals surface area contributed by atoms with Crippen LogP contribution in [0.2, 0.25) is 0 Å². The fraction of sp³-hybridized carbons (Fsp3) is 0.615. The molecular formula is C13H23N3O2. The molecule has 0 aliphatic heterocycles. The highest BCUT2D eigenvalue weighted by molar-refractivity contribution is 5.77. The van der Waals surface area contributed by atoms with E-state index < -0.39 is 6.10 Å². The maximum absolute atomic E-state index is 9.72. The summed E-state index contributed by atoms with van der Waals surface area (Å²) in [5, 5.41) is 12.7. The molecule has 1 atom stereocenters. The average molecular weight is 253 g/mol. The molecule has 0 amide bonds. The predicted octanol–water partition coefficient (Wildman–Crippen LogP) is 1.80. The summed E-state index contributed by atoms with van der Waals surface area (Å²) in [6.45, 7) is 3.22. The molecule has 1 aromatic rings. The number of aliphatic imine (C=N–C) groups is 1. The molecule has 1 unspecified atom stereocenters. The van der Waals surface area contributed by atoms with E-state index in [-0.39, 0.29) is 6.54 Å². The minimum atomic E-state index is -0.736. The highest BCUT2D eigenvalue weighted by atomic mass is 16.4. The molecule has 18 heavy (non-hydrogen) atoms. The zero-order valence-electron chi connectivity index (χ0n) is 10.9. The molecule has 0 aliphatic carbocycles. The molecular weight excluding hydrogens is 230 g/mol. The Hall–Kier alpha value is -1.49. The number of aliphatic hydroxyl groups is 1. The minimum Gasteiger partial charge on any atom is -0.467 e. The zero-order valence-corrected chi connectivity index (χ0v) is 10.9. The number of hydrogen-bond donors (Lipinski definition) is 3. The highest BCUT2D eigenvalue weighted by Gasteiger charge is 2.09. The van der Waals surface area contributed by atoms with Gasteiger partial charge in [0.25, 0.3) is 0 Å². The smallest absolute Gasteiger partial charge is 0.188 e. The van der Waals surface area contributed by atoms with Gasteiger partial charge < -0.3 is 20.6 Å². The van der Waals surface area contributed by atoms with Crippen LogP contribution in [-0.2, 0) is 0 Å².